The van der Waals surface area contributed by atoms with E-state index in [0.717, 1.165) is 10.4 Å². The molecule has 2 N–H and O–H groups in total. The fourth-order valence-corrected chi connectivity index (χ4v) is 3.21. The van der Waals surface area contributed by atoms with Crippen LogP contribution in [0.1, 0.15) is 36.8 Å². The summed E-state index contributed by atoms with van der Waals surface area (Å²) in [5.74, 6) is -0.440. The minimum Gasteiger partial charge on any atom is -0.450 e. The van der Waals surface area contributed by atoms with E-state index in [0.29, 0.717) is 17.1 Å². The number of carbonyl (C=O) groups excluding carboxylic acids is 2. The Morgan fingerprint density at radius 2 is 2.00 bits per heavy atom. The molecule has 0 saturated heterocycles. The Bertz CT molecular complexity index is 824. The maximum Gasteiger partial charge on any atom is 0.407 e. The molecule has 0 aliphatic carbocycles. The first-order chi connectivity index (χ1) is 12.9. The zero-order valence-electron chi connectivity index (χ0n) is 15.5. The lowest BCUT2D eigenvalue weighted by atomic mass is 10.0. The summed E-state index contributed by atoms with van der Waals surface area (Å²) in [7, 11) is 0. The van der Waals surface area contributed by atoms with Crippen molar-refractivity contribution in [2.75, 3.05) is 11.9 Å². The standard InChI is InChI=1S/C19H22N4O3S/c1-4-26-19(25)22-16(12(2)3)17(24)23-18-21-11-15(27-18)9-13-5-7-14(10-20)8-6-13/h5-8,11-12,16H,4,9H2,1-3H3,(H,22,25)(H,21,23,24). The summed E-state index contributed by atoms with van der Waals surface area (Å²) in [5.41, 5.74) is 1.67. The Morgan fingerprint density at radius 3 is 2.59 bits per heavy atom. The normalized spacial score (nSPS) is 11.5. The molecule has 0 saturated carbocycles. The quantitative estimate of drug-likeness (QED) is 0.760. The summed E-state index contributed by atoms with van der Waals surface area (Å²) in [6.07, 6.45) is 1.75. The number of amides is 2. The smallest absolute Gasteiger partial charge is 0.407 e. The number of anilines is 1. The van der Waals surface area contributed by atoms with Crippen LogP contribution in [-0.4, -0.2) is 29.6 Å². The lowest BCUT2D eigenvalue weighted by molar-refractivity contribution is -0.119. The number of nitriles is 1. The minimum absolute atomic E-state index is 0.104. The highest BCUT2D eigenvalue weighted by molar-refractivity contribution is 7.15. The Balaban J connectivity index is 1.99. The molecule has 8 heteroatoms. The lowest BCUT2D eigenvalue weighted by Crippen LogP contribution is -2.47. The average molecular weight is 386 g/mol. The van der Waals surface area contributed by atoms with E-state index in [4.69, 9.17) is 10.00 Å². The van der Waals surface area contributed by atoms with Crippen LogP contribution in [0.5, 0.6) is 0 Å². The van der Waals surface area contributed by atoms with E-state index in [9.17, 15) is 9.59 Å². The van der Waals surface area contributed by atoms with E-state index in [-0.39, 0.29) is 18.4 Å². The second-order valence-corrected chi connectivity index (χ2v) is 7.31. The zero-order chi connectivity index (χ0) is 19.8. The number of rotatable bonds is 7. The van der Waals surface area contributed by atoms with Crippen LogP contribution in [0.3, 0.4) is 0 Å². The number of aromatic nitrogens is 1. The monoisotopic (exact) mass is 386 g/mol. The van der Waals surface area contributed by atoms with Gasteiger partial charge in [-0.3, -0.25) is 4.79 Å². The first kappa shape index (κ1) is 20.4. The third-order valence-corrected chi connectivity index (χ3v) is 4.66. The van der Waals surface area contributed by atoms with E-state index in [1.54, 1.807) is 25.3 Å². The third-order valence-electron chi connectivity index (χ3n) is 3.74. The molecule has 1 aromatic heterocycles. The number of ether oxygens (including phenoxy) is 1. The minimum atomic E-state index is -0.713. The van der Waals surface area contributed by atoms with Gasteiger partial charge in [-0.05, 0) is 30.5 Å². The molecule has 0 spiro atoms. The Labute approximate surface area is 162 Å². The number of nitrogens with zero attached hydrogens (tertiary/aromatic N) is 2. The number of carbonyl (C=O) groups is 2. The molecule has 1 unspecified atom stereocenters. The van der Waals surface area contributed by atoms with Crippen LogP contribution in [0, 0.1) is 17.2 Å². The number of nitrogens with one attached hydrogen (secondary N) is 2. The summed E-state index contributed by atoms with van der Waals surface area (Å²) in [6.45, 7) is 5.63. The van der Waals surface area contributed by atoms with Crippen LogP contribution in [0.4, 0.5) is 9.93 Å². The van der Waals surface area contributed by atoms with Crippen molar-refractivity contribution >= 4 is 28.5 Å². The fourth-order valence-electron chi connectivity index (χ4n) is 2.36. The Hall–Kier alpha value is -2.92. The SMILES string of the molecule is CCOC(=O)NC(C(=O)Nc1ncc(Cc2ccc(C#N)cc2)s1)C(C)C. The number of alkyl carbamates (subject to hydrolysis) is 1. The Morgan fingerprint density at radius 1 is 1.30 bits per heavy atom. The molecule has 1 heterocycles. The van der Waals surface area contributed by atoms with Gasteiger partial charge in [-0.15, -0.1) is 11.3 Å². The molecule has 0 aliphatic rings. The van der Waals surface area contributed by atoms with Crippen molar-refractivity contribution < 1.29 is 14.3 Å². The highest BCUT2D eigenvalue weighted by atomic mass is 32.1. The van der Waals surface area contributed by atoms with Gasteiger partial charge in [0.2, 0.25) is 5.91 Å². The molecule has 1 aromatic carbocycles. The zero-order valence-corrected chi connectivity index (χ0v) is 16.3. The van der Waals surface area contributed by atoms with Crippen molar-refractivity contribution in [1.29, 1.82) is 5.26 Å². The van der Waals surface area contributed by atoms with Gasteiger partial charge >= 0.3 is 6.09 Å². The third kappa shape index (κ3) is 6.08. The van der Waals surface area contributed by atoms with Gasteiger partial charge in [-0.1, -0.05) is 26.0 Å². The highest BCUT2D eigenvalue weighted by Crippen LogP contribution is 2.22. The first-order valence-corrected chi connectivity index (χ1v) is 9.42. The summed E-state index contributed by atoms with van der Waals surface area (Å²) in [4.78, 5) is 29.3. The number of thiazole rings is 1. The van der Waals surface area contributed by atoms with Crippen LogP contribution in [0.25, 0.3) is 0 Å². The maximum atomic E-state index is 12.5. The van der Waals surface area contributed by atoms with Gasteiger partial charge in [0.1, 0.15) is 6.04 Å². The molecule has 1 atom stereocenters. The predicted molar refractivity (Wildman–Crippen MR) is 103 cm³/mol. The van der Waals surface area contributed by atoms with Crippen LogP contribution >= 0.6 is 11.3 Å². The van der Waals surface area contributed by atoms with Gasteiger partial charge in [0.15, 0.2) is 5.13 Å². The van der Waals surface area contributed by atoms with Gasteiger partial charge < -0.3 is 15.4 Å². The summed E-state index contributed by atoms with van der Waals surface area (Å²) < 4.78 is 4.85. The highest BCUT2D eigenvalue weighted by Gasteiger charge is 2.25. The van der Waals surface area contributed by atoms with E-state index in [1.165, 1.54) is 11.3 Å². The molecule has 0 radical (unpaired) electrons. The van der Waals surface area contributed by atoms with Crippen molar-refractivity contribution in [1.82, 2.24) is 10.3 Å². The molecule has 142 valence electrons. The molecule has 7 nitrogen and oxygen atoms in total. The van der Waals surface area contributed by atoms with Crippen LogP contribution in [0.15, 0.2) is 30.5 Å². The molecule has 0 bridgehead atoms. The van der Waals surface area contributed by atoms with E-state index in [2.05, 4.69) is 21.7 Å². The summed E-state index contributed by atoms with van der Waals surface area (Å²) >= 11 is 1.37. The molecule has 2 rings (SSSR count). The summed E-state index contributed by atoms with van der Waals surface area (Å²) in [5, 5.41) is 14.6. The summed E-state index contributed by atoms with van der Waals surface area (Å²) in [6, 6.07) is 8.71. The van der Waals surface area contributed by atoms with Crippen molar-refractivity contribution in [3.8, 4) is 6.07 Å². The number of hydrogen-bond acceptors (Lipinski definition) is 6. The first-order valence-electron chi connectivity index (χ1n) is 8.60. The van der Waals surface area contributed by atoms with Gasteiger partial charge in [0.25, 0.3) is 0 Å². The van der Waals surface area contributed by atoms with E-state index < -0.39 is 12.1 Å². The van der Waals surface area contributed by atoms with Crippen LogP contribution < -0.4 is 10.6 Å². The molecule has 27 heavy (non-hydrogen) atoms. The second kappa shape index (κ2) is 9.69. The number of hydrogen-bond donors (Lipinski definition) is 2. The van der Waals surface area contributed by atoms with Crippen LogP contribution in [0.2, 0.25) is 0 Å². The molecule has 2 amide bonds. The largest absolute Gasteiger partial charge is 0.450 e. The average Bonchev–Trinajstić information content (AvgIpc) is 3.07. The molecular weight excluding hydrogens is 364 g/mol. The second-order valence-electron chi connectivity index (χ2n) is 6.19. The van der Waals surface area contributed by atoms with Crippen molar-refractivity contribution in [2.24, 2.45) is 5.92 Å². The lowest BCUT2D eigenvalue weighted by Gasteiger charge is -2.20. The predicted octanol–water partition coefficient (Wildman–Crippen LogP) is 3.31. The van der Waals surface area contributed by atoms with Gasteiger partial charge in [-0.25, -0.2) is 9.78 Å². The molecule has 2 aromatic rings. The van der Waals surface area contributed by atoms with E-state index in [1.807, 2.05) is 26.0 Å². The van der Waals surface area contributed by atoms with Crippen molar-refractivity contribution in [2.45, 2.75) is 33.2 Å². The van der Waals surface area contributed by atoms with Gasteiger partial charge in [0, 0.05) is 17.5 Å². The molecule has 0 fully saturated rings. The Kier molecular flexibility index (Phi) is 7.32. The van der Waals surface area contributed by atoms with E-state index >= 15 is 0 Å². The maximum absolute atomic E-state index is 12.5. The van der Waals surface area contributed by atoms with Crippen molar-refractivity contribution in [3.05, 3.63) is 46.5 Å². The van der Waals surface area contributed by atoms with Gasteiger partial charge in [-0.2, -0.15) is 5.26 Å². The number of benzene rings is 1. The van der Waals surface area contributed by atoms with Crippen molar-refractivity contribution in [3.63, 3.8) is 0 Å². The van der Waals surface area contributed by atoms with Gasteiger partial charge in [0.05, 0.1) is 18.2 Å². The molecular formula is C19H22N4O3S. The van der Waals surface area contributed by atoms with Crippen LogP contribution in [-0.2, 0) is 16.0 Å². The molecule has 0 aliphatic heterocycles. The fraction of sp³-hybridized carbons (Fsp3) is 0.368. The topological polar surface area (TPSA) is 104 Å².